The summed E-state index contributed by atoms with van der Waals surface area (Å²) >= 11 is 0. The molecule has 0 radical (unpaired) electrons. The Bertz CT molecular complexity index is 919. The number of carbonyl (C=O) groups is 3. The van der Waals surface area contributed by atoms with Crippen molar-refractivity contribution in [2.75, 3.05) is 26.8 Å². The number of hydrogen-bond donors (Lipinski definition) is 0. The van der Waals surface area contributed by atoms with Crippen LogP contribution in [-0.2, 0) is 19.1 Å². The third kappa shape index (κ3) is 4.27. The number of hydrogen-bond acceptors (Lipinski definition) is 7. The van der Waals surface area contributed by atoms with Gasteiger partial charge in [0.15, 0.2) is 6.61 Å². The van der Waals surface area contributed by atoms with Gasteiger partial charge in [-0.15, -0.1) is 0 Å². The number of benzene rings is 1. The highest BCUT2D eigenvalue weighted by atomic mass is 16.5. The van der Waals surface area contributed by atoms with Crippen LogP contribution in [0.4, 0.5) is 0 Å². The summed E-state index contributed by atoms with van der Waals surface area (Å²) in [6.07, 6.45) is 1.10. The molecule has 1 fully saturated rings. The van der Waals surface area contributed by atoms with Gasteiger partial charge in [-0.3, -0.25) is 9.59 Å². The summed E-state index contributed by atoms with van der Waals surface area (Å²) in [4.78, 5) is 46.6. The number of aromatic nitrogens is 2. The molecule has 1 aliphatic rings. The van der Waals surface area contributed by atoms with E-state index in [1.54, 1.807) is 23.1 Å². The van der Waals surface area contributed by atoms with Crippen LogP contribution in [0.15, 0.2) is 18.2 Å². The normalized spacial score (nSPS) is 14.8. The number of fused-ring (bicyclic) bond motifs is 1. The quantitative estimate of drug-likeness (QED) is 0.740. The fourth-order valence-corrected chi connectivity index (χ4v) is 3.19. The molecule has 1 saturated heterocycles. The number of ether oxygens (including phenoxy) is 2. The average molecular weight is 385 g/mol. The third-order valence-electron chi connectivity index (χ3n) is 5.02. The molecule has 1 aliphatic heterocycles. The van der Waals surface area contributed by atoms with Crippen molar-refractivity contribution in [1.29, 1.82) is 0 Å². The summed E-state index contributed by atoms with van der Waals surface area (Å²) in [6.45, 7) is 4.29. The maximum absolute atomic E-state index is 12.3. The van der Waals surface area contributed by atoms with Crippen molar-refractivity contribution in [3.05, 3.63) is 35.2 Å². The van der Waals surface area contributed by atoms with E-state index in [1.807, 2.05) is 13.8 Å². The Hall–Kier alpha value is -3.03. The van der Waals surface area contributed by atoms with Crippen LogP contribution in [0.5, 0.6) is 0 Å². The molecule has 0 atom stereocenters. The van der Waals surface area contributed by atoms with Crippen LogP contribution >= 0.6 is 0 Å². The average Bonchev–Trinajstić information content (AvgIpc) is 2.71. The number of aryl methyl sites for hydroxylation is 2. The van der Waals surface area contributed by atoms with E-state index < -0.39 is 5.97 Å². The van der Waals surface area contributed by atoms with Gasteiger partial charge in [-0.2, -0.15) is 0 Å². The molecule has 0 spiro atoms. The van der Waals surface area contributed by atoms with Crippen molar-refractivity contribution >= 4 is 28.9 Å². The van der Waals surface area contributed by atoms with Gasteiger partial charge in [-0.05, 0) is 44.9 Å². The van der Waals surface area contributed by atoms with E-state index in [0.717, 1.165) is 11.4 Å². The van der Waals surface area contributed by atoms with Crippen molar-refractivity contribution < 1.29 is 23.9 Å². The summed E-state index contributed by atoms with van der Waals surface area (Å²) in [5, 5.41) is 0. The van der Waals surface area contributed by atoms with E-state index in [4.69, 9.17) is 9.47 Å². The number of carbonyl (C=O) groups excluding carboxylic acids is 3. The van der Waals surface area contributed by atoms with E-state index >= 15 is 0 Å². The lowest BCUT2D eigenvalue weighted by molar-refractivity contribution is -0.149. The number of amides is 1. The summed E-state index contributed by atoms with van der Waals surface area (Å²) in [7, 11) is 1.36. The maximum Gasteiger partial charge on any atom is 0.338 e. The van der Waals surface area contributed by atoms with E-state index in [1.165, 1.54) is 7.11 Å². The zero-order chi connectivity index (χ0) is 20.3. The Morgan fingerprint density at radius 3 is 2.36 bits per heavy atom. The molecule has 2 aromatic rings. The van der Waals surface area contributed by atoms with Crippen LogP contribution in [-0.4, -0.2) is 59.5 Å². The first-order chi connectivity index (χ1) is 13.4. The lowest BCUT2D eigenvalue weighted by atomic mass is 9.97. The molecule has 0 aliphatic carbocycles. The number of rotatable bonds is 4. The van der Waals surface area contributed by atoms with Gasteiger partial charge in [0.2, 0.25) is 0 Å². The topological polar surface area (TPSA) is 98.7 Å². The number of esters is 2. The van der Waals surface area contributed by atoms with E-state index in [2.05, 4.69) is 9.97 Å². The Morgan fingerprint density at radius 1 is 1.07 bits per heavy atom. The SMILES string of the molecule is COC(=O)C1CCN(C(=O)COC(=O)c2ccc3nc(C)c(C)nc3c2)CC1. The van der Waals surface area contributed by atoms with Crippen LogP contribution in [0.1, 0.15) is 34.6 Å². The van der Waals surface area contributed by atoms with Crippen molar-refractivity contribution in [3.63, 3.8) is 0 Å². The van der Waals surface area contributed by atoms with Gasteiger partial charge in [-0.25, -0.2) is 14.8 Å². The Morgan fingerprint density at radius 2 is 1.71 bits per heavy atom. The summed E-state index contributed by atoms with van der Waals surface area (Å²) in [5.41, 5.74) is 3.26. The lowest BCUT2D eigenvalue weighted by Gasteiger charge is -2.30. The van der Waals surface area contributed by atoms with Crippen molar-refractivity contribution in [1.82, 2.24) is 14.9 Å². The molecule has 0 bridgehead atoms. The second-order valence-corrected chi connectivity index (χ2v) is 6.85. The molecule has 0 saturated carbocycles. The molecule has 0 N–H and O–H groups in total. The smallest absolute Gasteiger partial charge is 0.338 e. The van der Waals surface area contributed by atoms with Crippen molar-refractivity contribution in [2.45, 2.75) is 26.7 Å². The molecule has 0 unspecified atom stereocenters. The molecule has 8 nitrogen and oxygen atoms in total. The number of methoxy groups -OCH3 is 1. The molecule has 1 amide bonds. The standard InChI is InChI=1S/C20H23N3O5/c1-12-13(2)22-17-10-15(4-5-16(17)21-12)20(26)28-11-18(24)23-8-6-14(7-9-23)19(25)27-3/h4-5,10,14H,6-9,11H2,1-3H3. The second-order valence-electron chi connectivity index (χ2n) is 6.85. The minimum Gasteiger partial charge on any atom is -0.469 e. The molecule has 1 aromatic carbocycles. The van der Waals surface area contributed by atoms with Gasteiger partial charge in [0.1, 0.15) is 0 Å². The monoisotopic (exact) mass is 385 g/mol. The minimum atomic E-state index is -0.584. The molecular formula is C20H23N3O5. The van der Waals surface area contributed by atoms with E-state index in [-0.39, 0.29) is 24.4 Å². The largest absolute Gasteiger partial charge is 0.469 e. The Labute approximate surface area is 162 Å². The fourth-order valence-electron chi connectivity index (χ4n) is 3.19. The maximum atomic E-state index is 12.3. The highest BCUT2D eigenvalue weighted by Crippen LogP contribution is 2.19. The molecule has 8 heteroatoms. The Kier molecular flexibility index (Phi) is 5.87. The van der Waals surface area contributed by atoms with Gasteiger partial charge in [0, 0.05) is 13.1 Å². The zero-order valence-electron chi connectivity index (χ0n) is 16.2. The van der Waals surface area contributed by atoms with Gasteiger partial charge in [0.25, 0.3) is 5.91 Å². The third-order valence-corrected chi connectivity index (χ3v) is 5.02. The molecule has 148 valence electrons. The highest BCUT2D eigenvalue weighted by molar-refractivity contribution is 5.94. The number of piperidine rings is 1. The van der Waals surface area contributed by atoms with Crippen LogP contribution in [0.3, 0.4) is 0 Å². The molecule has 3 rings (SSSR count). The summed E-state index contributed by atoms with van der Waals surface area (Å²) in [6, 6.07) is 4.94. The molecule has 1 aromatic heterocycles. The molecule has 2 heterocycles. The van der Waals surface area contributed by atoms with Crippen LogP contribution in [0.2, 0.25) is 0 Å². The molecule has 28 heavy (non-hydrogen) atoms. The van der Waals surface area contributed by atoms with Gasteiger partial charge in [0.05, 0.1) is 41.0 Å². The van der Waals surface area contributed by atoms with E-state index in [0.29, 0.717) is 42.5 Å². The predicted octanol–water partition coefficient (Wildman–Crippen LogP) is 1.82. The lowest BCUT2D eigenvalue weighted by Crippen LogP contribution is -2.42. The first-order valence-corrected chi connectivity index (χ1v) is 9.16. The van der Waals surface area contributed by atoms with Crippen molar-refractivity contribution in [3.8, 4) is 0 Å². The first-order valence-electron chi connectivity index (χ1n) is 9.16. The summed E-state index contributed by atoms with van der Waals surface area (Å²) < 4.78 is 9.91. The van der Waals surface area contributed by atoms with E-state index in [9.17, 15) is 14.4 Å². The fraction of sp³-hybridized carbons (Fsp3) is 0.450. The first kappa shape index (κ1) is 19.7. The van der Waals surface area contributed by atoms with Gasteiger partial charge in [-0.1, -0.05) is 0 Å². The van der Waals surface area contributed by atoms with Gasteiger partial charge >= 0.3 is 11.9 Å². The second kappa shape index (κ2) is 8.33. The summed E-state index contributed by atoms with van der Waals surface area (Å²) in [5.74, 6) is -1.28. The van der Waals surface area contributed by atoms with Gasteiger partial charge < -0.3 is 14.4 Å². The number of nitrogens with zero attached hydrogens (tertiary/aromatic N) is 3. The number of likely N-dealkylation sites (tertiary alicyclic amines) is 1. The minimum absolute atomic E-state index is 0.178. The van der Waals surface area contributed by atoms with Crippen LogP contribution in [0.25, 0.3) is 11.0 Å². The Balaban J connectivity index is 1.57. The zero-order valence-corrected chi connectivity index (χ0v) is 16.2. The highest BCUT2D eigenvalue weighted by Gasteiger charge is 2.28. The van der Waals surface area contributed by atoms with Crippen LogP contribution < -0.4 is 0 Å². The predicted molar refractivity (Wildman–Crippen MR) is 101 cm³/mol. The molecular weight excluding hydrogens is 362 g/mol. The van der Waals surface area contributed by atoms with Crippen molar-refractivity contribution in [2.24, 2.45) is 5.92 Å². The van der Waals surface area contributed by atoms with Crippen LogP contribution in [0, 0.1) is 19.8 Å².